The number of amides is 1. The number of hydrogen-bond donors (Lipinski definition) is 1. The van der Waals surface area contributed by atoms with E-state index in [-0.39, 0.29) is 12.5 Å². The molecule has 0 bridgehead atoms. The molecule has 0 radical (unpaired) electrons. The van der Waals surface area contributed by atoms with Crippen molar-refractivity contribution in [2.75, 3.05) is 13.2 Å². The van der Waals surface area contributed by atoms with Gasteiger partial charge in [0.2, 0.25) is 0 Å². The zero-order chi connectivity index (χ0) is 15.2. The Kier molecular flexibility index (Phi) is 5.41. The molecule has 0 heterocycles. The van der Waals surface area contributed by atoms with E-state index in [0.717, 1.165) is 30.5 Å². The van der Waals surface area contributed by atoms with Crippen molar-refractivity contribution in [3.05, 3.63) is 35.4 Å². The van der Waals surface area contributed by atoms with Crippen LogP contribution in [-0.4, -0.2) is 35.1 Å². The molecule has 0 spiro atoms. The van der Waals surface area contributed by atoms with Crippen LogP contribution in [0.15, 0.2) is 24.3 Å². The fraction of sp³-hybridized carbons (Fsp3) is 0.500. The minimum atomic E-state index is 0.0785. The zero-order valence-corrected chi connectivity index (χ0v) is 12.8. The minimum absolute atomic E-state index is 0.0785. The van der Waals surface area contributed by atoms with Crippen molar-refractivity contribution in [1.29, 1.82) is 0 Å². The van der Waals surface area contributed by atoms with Gasteiger partial charge in [-0.3, -0.25) is 4.79 Å². The quantitative estimate of drug-likeness (QED) is 0.845. The van der Waals surface area contributed by atoms with E-state index in [0.29, 0.717) is 18.4 Å². The van der Waals surface area contributed by atoms with Crippen molar-refractivity contribution in [1.82, 2.24) is 4.90 Å². The number of aliphatic hydroxyl groups is 1. The topological polar surface area (TPSA) is 40.5 Å². The molecule has 2 rings (SSSR count). The van der Waals surface area contributed by atoms with Crippen molar-refractivity contribution in [3.63, 3.8) is 0 Å². The number of rotatable bonds is 5. The molecule has 1 aliphatic carbocycles. The van der Waals surface area contributed by atoms with Crippen LogP contribution in [0.1, 0.15) is 49.0 Å². The van der Waals surface area contributed by atoms with Crippen LogP contribution in [0.3, 0.4) is 0 Å². The van der Waals surface area contributed by atoms with Gasteiger partial charge in [-0.2, -0.15) is 0 Å². The Labute approximate surface area is 127 Å². The van der Waals surface area contributed by atoms with Gasteiger partial charge in [-0.15, -0.1) is 0 Å². The summed E-state index contributed by atoms with van der Waals surface area (Å²) in [5.41, 5.74) is 1.61. The lowest BCUT2D eigenvalue weighted by Crippen LogP contribution is -2.36. The molecule has 1 aromatic rings. The van der Waals surface area contributed by atoms with Gasteiger partial charge in [0.15, 0.2) is 0 Å². The van der Waals surface area contributed by atoms with Gasteiger partial charge in [-0.25, -0.2) is 0 Å². The molecule has 1 amide bonds. The summed E-state index contributed by atoms with van der Waals surface area (Å²) >= 11 is 0. The Morgan fingerprint density at radius 3 is 2.52 bits per heavy atom. The highest BCUT2D eigenvalue weighted by atomic mass is 16.2. The molecule has 0 aromatic heterocycles. The minimum Gasteiger partial charge on any atom is -0.395 e. The average molecular weight is 285 g/mol. The fourth-order valence-corrected chi connectivity index (χ4v) is 2.26. The first-order chi connectivity index (χ1) is 10.1. The Morgan fingerprint density at radius 1 is 1.33 bits per heavy atom. The summed E-state index contributed by atoms with van der Waals surface area (Å²) < 4.78 is 0. The van der Waals surface area contributed by atoms with Crippen molar-refractivity contribution < 1.29 is 9.90 Å². The van der Waals surface area contributed by atoms with Gasteiger partial charge in [0, 0.05) is 30.1 Å². The van der Waals surface area contributed by atoms with Crippen molar-refractivity contribution in [3.8, 4) is 11.8 Å². The number of benzene rings is 1. The highest BCUT2D eigenvalue weighted by Crippen LogP contribution is 2.29. The zero-order valence-electron chi connectivity index (χ0n) is 12.8. The molecule has 0 saturated heterocycles. The second-order valence-electron chi connectivity index (χ2n) is 5.94. The van der Waals surface area contributed by atoms with Crippen LogP contribution in [0.25, 0.3) is 0 Å². The number of carbonyl (C=O) groups excluding carboxylic acids is 1. The maximum Gasteiger partial charge on any atom is 0.254 e. The Hall–Kier alpha value is -1.79. The van der Waals surface area contributed by atoms with E-state index in [1.165, 1.54) is 0 Å². The number of aliphatic hydroxyl groups excluding tert-OH is 1. The van der Waals surface area contributed by atoms with Gasteiger partial charge in [0.25, 0.3) is 5.91 Å². The Morgan fingerprint density at radius 2 is 2.00 bits per heavy atom. The number of hydrogen-bond acceptors (Lipinski definition) is 2. The van der Waals surface area contributed by atoms with Crippen LogP contribution in [0.2, 0.25) is 0 Å². The van der Waals surface area contributed by atoms with E-state index in [2.05, 4.69) is 25.7 Å². The van der Waals surface area contributed by atoms with Crippen molar-refractivity contribution in [2.24, 2.45) is 5.92 Å². The molecule has 3 heteroatoms. The summed E-state index contributed by atoms with van der Waals surface area (Å²) in [6.45, 7) is 5.18. The van der Waals surface area contributed by atoms with Gasteiger partial charge in [-0.05, 0) is 43.0 Å². The van der Waals surface area contributed by atoms with Gasteiger partial charge in [0.1, 0.15) is 0 Å². The molecule has 1 fully saturated rings. The molecular weight excluding hydrogens is 262 g/mol. The predicted octanol–water partition coefficient (Wildman–Crippen LogP) is 2.68. The van der Waals surface area contributed by atoms with Gasteiger partial charge in [0.05, 0.1) is 6.61 Å². The molecule has 1 aromatic carbocycles. The second-order valence-corrected chi connectivity index (χ2v) is 5.94. The first kappa shape index (κ1) is 15.6. The Balaban J connectivity index is 2.06. The molecule has 0 atom stereocenters. The second kappa shape index (κ2) is 7.28. The van der Waals surface area contributed by atoms with Gasteiger partial charge >= 0.3 is 0 Å². The molecule has 1 saturated carbocycles. The van der Waals surface area contributed by atoms with E-state index in [9.17, 15) is 4.79 Å². The van der Waals surface area contributed by atoms with Gasteiger partial charge < -0.3 is 10.0 Å². The molecule has 21 heavy (non-hydrogen) atoms. The maximum atomic E-state index is 12.6. The van der Waals surface area contributed by atoms with Crippen LogP contribution in [0.5, 0.6) is 0 Å². The summed E-state index contributed by atoms with van der Waals surface area (Å²) in [5.74, 6) is 6.47. The number of nitrogens with zero attached hydrogens (tertiary/aromatic N) is 1. The van der Waals surface area contributed by atoms with Crippen LogP contribution in [0.4, 0.5) is 0 Å². The van der Waals surface area contributed by atoms with E-state index in [1.807, 2.05) is 29.2 Å². The van der Waals surface area contributed by atoms with Crippen LogP contribution < -0.4 is 0 Å². The molecule has 3 nitrogen and oxygen atoms in total. The van der Waals surface area contributed by atoms with E-state index in [1.54, 1.807) is 0 Å². The van der Waals surface area contributed by atoms with Crippen molar-refractivity contribution >= 4 is 5.91 Å². The van der Waals surface area contributed by atoms with Gasteiger partial charge in [-0.1, -0.05) is 25.7 Å². The molecule has 0 aliphatic heterocycles. The third-order valence-corrected chi connectivity index (χ3v) is 3.41. The molecule has 0 unspecified atom stereocenters. The summed E-state index contributed by atoms with van der Waals surface area (Å²) in [7, 11) is 0. The summed E-state index contributed by atoms with van der Waals surface area (Å²) in [4.78, 5) is 14.6. The summed E-state index contributed by atoms with van der Waals surface area (Å²) in [6.07, 6.45) is 2.73. The maximum absolute atomic E-state index is 12.6. The predicted molar refractivity (Wildman–Crippen MR) is 83.9 cm³/mol. The smallest absolute Gasteiger partial charge is 0.254 e. The largest absolute Gasteiger partial charge is 0.395 e. The number of carbonyl (C=O) groups is 1. The average Bonchev–Trinajstić information content (AvgIpc) is 3.29. The molecule has 1 N–H and O–H groups in total. The van der Waals surface area contributed by atoms with Crippen LogP contribution >= 0.6 is 0 Å². The third kappa shape index (κ3) is 4.61. The summed E-state index contributed by atoms with van der Waals surface area (Å²) in [6, 6.07) is 7.88. The SMILES string of the molecule is CC(C)CN(C(=O)c1ccc(C#CCCO)cc1)C1CC1. The highest BCUT2D eigenvalue weighted by molar-refractivity contribution is 5.94. The lowest BCUT2D eigenvalue weighted by Gasteiger charge is -2.24. The van der Waals surface area contributed by atoms with E-state index in [4.69, 9.17) is 5.11 Å². The Bertz CT molecular complexity index is 533. The molecule has 1 aliphatic rings. The standard InChI is InChI=1S/C18H23NO2/c1-14(2)13-19(17-10-11-17)18(21)16-8-6-15(7-9-16)5-3-4-12-20/h6-9,14,17,20H,4,10-13H2,1-2H3. The third-order valence-electron chi connectivity index (χ3n) is 3.41. The van der Waals surface area contributed by atoms with Crippen LogP contribution in [-0.2, 0) is 0 Å². The highest BCUT2D eigenvalue weighted by Gasteiger charge is 2.33. The first-order valence-electron chi connectivity index (χ1n) is 7.62. The summed E-state index contributed by atoms with van der Waals surface area (Å²) in [5, 5.41) is 8.70. The molecular formula is C18H23NO2. The fourth-order valence-electron chi connectivity index (χ4n) is 2.26. The molecule has 112 valence electrons. The lowest BCUT2D eigenvalue weighted by atomic mass is 10.1. The van der Waals surface area contributed by atoms with Crippen molar-refractivity contribution in [2.45, 2.75) is 39.2 Å². The normalized spacial score (nSPS) is 13.7. The lowest BCUT2D eigenvalue weighted by molar-refractivity contribution is 0.0722. The first-order valence-corrected chi connectivity index (χ1v) is 7.62. The van der Waals surface area contributed by atoms with Crippen LogP contribution in [0, 0.1) is 17.8 Å². The van der Waals surface area contributed by atoms with E-state index >= 15 is 0 Å². The monoisotopic (exact) mass is 285 g/mol. The van der Waals surface area contributed by atoms with E-state index < -0.39 is 0 Å².